The van der Waals surface area contributed by atoms with Crippen LogP contribution in [-0.2, 0) is 14.4 Å². The molecular weight excluding hydrogens is 300 g/mol. The van der Waals surface area contributed by atoms with E-state index in [0.29, 0.717) is 24.3 Å². The molecule has 0 aliphatic carbocycles. The molecule has 0 radical (unpaired) electrons. The van der Waals surface area contributed by atoms with Crippen LogP contribution in [0.25, 0.3) is 0 Å². The van der Waals surface area contributed by atoms with E-state index in [2.05, 4.69) is 10.9 Å². The molecule has 0 bridgehead atoms. The number of hydrogen-bond donors (Lipinski definition) is 2. The van der Waals surface area contributed by atoms with Gasteiger partial charge in [0, 0.05) is 13.0 Å². The zero-order chi connectivity index (χ0) is 16.7. The van der Waals surface area contributed by atoms with Gasteiger partial charge in [0.15, 0.2) is 6.61 Å². The Morgan fingerprint density at radius 2 is 1.91 bits per heavy atom. The topological polar surface area (TPSA) is 112 Å². The van der Waals surface area contributed by atoms with Gasteiger partial charge in [-0.25, -0.2) is 0 Å². The minimum atomic E-state index is -0.532. The number of rotatable bonds is 5. The van der Waals surface area contributed by atoms with Gasteiger partial charge in [-0.15, -0.1) is 0 Å². The van der Waals surface area contributed by atoms with Gasteiger partial charge < -0.3 is 9.64 Å². The lowest BCUT2D eigenvalue weighted by molar-refractivity contribution is -0.134. The average Bonchev–Trinajstić information content (AvgIpc) is 2.96. The fourth-order valence-electron chi connectivity index (χ4n) is 2.03. The second kappa shape index (κ2) is 7.79. The lowest BCUT2D eigenvalue weighted by Gasteiger charge is -2.15. The lowest BCUT2D eigenvalue weighted by atomic mass is 10.2. The molecule has 1 aliphatic heterocycles. The molecule has 23 heavy (non-hydrogen) atoms. The fourth-order valence-corrected chi connectivity index (χ4v) is 2.03. The predicted molar refractivity (Wildman–Crippen MR) is 78.8 cm³/mol. The van der Waals surface area contributed by atoms with Crippen LogP contribution in [0.4, 0.5) is 0 Å². The minimum Gasteiger partial charge on any atom is -0.484 e. The number of nitrogens with one attached hydrogen (secondary N) is 2. The van der Waals surface area contributed by atoms with Crippen molar-refractivity contribution in [3.05, 3.63) is 29.8 Å². The van der Waals surface area contributed by atoms with Gasteiger partial charge in [0.1, 0.15) is 12.3 Å². The zero-order valence-electron chi connectivity index (χ0n) is 12.4. The number of benzene rings is 1. The number of carbonyl (C=O) groups excluding carboxylic acids is 3. The lowest BCUT2D eigenvalue weighted by Crippen LogP contribution is -2.48. The number of likely N-dealkylation sites (tertiary alicyclic amines) is 1. The summed E-state index contributed by atoms with van der Waals surface area (Å²) in [5, 5.41) is 8.67. The molecular formula is C15H16N4O4. The third-order valence-electron chi connectivity index (χ3n) is 3.20. The van der Waals surface area contributed by atoms with Gasteiger partial charge in [-0.1, -0.05) is 0 Å². The summed E-state index contributed by atoms with van der Waals surface area (Å²) in [7, 11) is 0. The van der Waals surface area contributed by atoms with Gasteiger partial charge in [0.2, 0.25) is 5.91 Å². The second-order valence-corrected chi connectivity index (χ2v) is 4.94. The van der Waals surface area contributed by atoms with E-state index in [1.165, 1.54) is 4.90 Å². The summed E-state index contributed by atoms with van der Waals surface area (Å²) >= 11 is 0. The quantitative estimate of drug-likeness (QED) is 0.725. The molecule has 0 spiro atoms. The SMILES string of the molecule is N#Cc1ccc(OCC(=O)NNC(=O)CN2CCCC2=O)cc1. The van der Waals surface area contributed by atoms with Gasteiger partial charge in [-0.3, -0.25) is 25.2 Å². The molecule has 2 rings (SSSR count). The van der Waals surface area contributed by atoms with Gasteiger partial charge in [0.05, 0.1) is 11.6 Å². The van der Waals surface area contributed by atoms with Crippen molar-refractivity contribution in [3.8, 4) is 11.8 Å². The minimum absolute atomic E-state index is 0.0596. The highest BCUT2D eigenvalue weighted by Gasteiger charge is 2.22. The van der Waals surface area contributed by atoms with E-state index in [1.54, 1.807) is 24.3 Å². The van der Waals surface area contributed by atoms with E-state index in [1.807, 2.05) is 6.07 Å². The molecule has 8 nitrogen and oxygen atoms in total. The number of ether oxygens (including phenoxy) is 1. The molecule has 0 saturated carbocycles. The molecule has 1 heterocycles. The maximum Gasteiger partial charge on any atom is 0.276 e. The molecule has 8 heteroatoms. The summed E-state index contributed by atoms with van der Waals surface area (Å²) in [6, 6.07) is 8.26. The van der Waals surface area contributed by atoms with Crippen LogP contribution in [0.3, 0.4) is 0 Å². The van der Waals surface area contributed by atoms with Gasteiger partial charge >= 0.3 is 0 Å². The van der Waals surface area contributed by atoms with Crippen LogP contribution in [-0.4, -0.2) is 42.3 Å². The average molecular weight is 316 g/mol. The van der Waals surface area contributed by atoms with Gasteiger partial charge in [0.25, 0.3) is 11.8 Å². The molecule has 1 aliphatic rings. The van der Waals surface area contributed by atoms with Crippen LogP contribution in [0, 0.1) is 11.3 Å². The Kier molecular flexibility index (Phi) is 5.52. The van der Waals surface area contributed by atoms with Crippen molar-refractivity contribution in [2.24, 2.45) is 0 Å². The summed E-state index contributed by atoms with van der Waals surface area (Å²) in [5.41, 5.74) is 4.93. The maximum absolute atomic E-state index is 11.6. The largest absolute Gasteiger partial charge is 0.484 e. The zero-order valence-corrected chi connectivity index (χ0v) is 12.4. The summed E-state index contributed by atoms with van der Waals surface area (Å²) in [6.07, 6.45) is 1.20. The third-order valence-corrected chi connectivity index (χ3v) is 3.20. The van der Waals surface area contributed by atoms with E-state index in [4.69, 9.17) is 10.00 Å². The molecule has 1 fully saturated rings. The van der Waals surface area contributed by atoms with Crippen LogP contribution in [0.2, 0.25) is 0 Å². The predicted octanol–water partition coefficient (Wildman–Crippen LogP) is -0.293. The monoisotopic (exact) mass is 316 g/mol. The van der Waals surface area contributed by atoms with Gasteiger partial charge in [-0.05, 0) is 30.7 Å². The highest BCUT2D eigenvalue weighted by molar-refractivity contribution is 5.87. The maximum atomic E-state index is 11.6. The molecule has 1 aromatic rings. The highest BCUT2D eigenvalue weighted by atomic mass is 16.5. The molecule has 0 unspecified atom stereocenters. The first kappa shape index (κ1) is 16.3. The summed E-state index contributed by atoms with van der Waals surface area (Å²) < 4.78 is 5.21. The van der Waals surface area contributed by atoms with Crippen LogP contribution in [0.15, 0.2) is 24.3 Å². The van der Waals surface area contributed by atoms with Crippen molar-refractivity contribution in [2.45, 2.75) is 12.8 Å². The number of hydrogen-bond acceptors (Lipinski definition) is 5. The van der Waals surface area contributed by atoms with E-state index in [0.717, 1.165) is 6.42 Å². The summed E-state index contributed by atoms with van der Waals surface area (Å²) in [4.78, 5) is 36.0. The van der Waals surface area contributed by atoms with Crippen LogP contribution >= 0.6 is 0 Å². The van der Waals surface area contributed by atoms with E-state index < -0.39 is 11.8 Å². The van der Waals surface area contributed by atoms with Crippen molar-refractivity contribution in [3.63, 3.8) is 0 Å². The molecule has 2 N–H and O–H groups in total. The molecule has 3 amide bonds. The Balaban J connectivity index is 1.67. The summed E-state index contributed by atoms with van der Waals surface area (Å²) in [5.74, 6) is -0.619. The van der Waals surface area contributed by atoms with Crippen LogP contribution < -0.4 is 15.6 Å². The number of nitriles is 1. The molecule has 1 saturated heterocycles. The Morgan fingerprint density at radius 1 is 1.22 bits per heavy atom. The highest BCUT2D eigenvalue weighted by Crippen LogP contribution is 2.11. The fraction of sp³-hybridized carbons (Fsp3) is 0.333. The third kappa shape index (κ3) is 5.00. The smallest absolute Gasteiger partial charge is 0.276 e. The van der Waals surface area contributed by atoms with Crippen molar-refractivity contribution in [2.75, 3.05) is 19.7 Å². The second-order valence-electron chi connectivity index (χ2n) is 4.94. The number of nitrogens with zero attached hydrogens (tertiary/aromatic N) is 2. The van der Waals surface area contributed by atoms with Crippen molar-refractivity contribution in [1.82, 2.24) is 15.8 Å². The first-order valence-corrected chi connectivity index (χ1v) is 7.07. The number of carbonyl (C=O) groups is 3. The molecule has 1 aromatic carbocycles. The Labute approximate surface area is 133 Å². The number of amides is 3. The number of hydrazine groups is 1. The normalized spacial score (nSPS) is 13.3. The van der Waals surface area contributed by atoms with Crippen molar-refractivity contribution >= 4 is 17.7 Å². The standard InChI is InChI=1S/C15H16N4O4/c16-8-11-3-5-12(6-4-11)23-10-14(21)18-17-13(20)9-19-7-1-2-15(19)22/h3-6H,1-2,7,9-10H2,(H,17,20)(H,18,21). The van der Waals surface area contributed by atoms with Gasteiger partial charge in [-0.2, -0.15) is 5.26 Å². The Morgan fingerprint density at radius 3 is 2.52 bits per heavy atom. The Bertz CT molecular complexity index is 636. The first-order valence-electron chi connectivity index (χ1n) is 7.07. The van der Waals surface area contributed by atoms with Crippen molar-refractivity contribution < 1.29 is 19.1 Å². The molecule has 120 valence electrons. The Hall–Kier alpha value is -3.08. The molecule has 0 aromatic heterocycles. The molecule has 0 atom stereocenters. The van der Waals surface area contributed by atoms with Crippen LogP contribution in [0.1, 0.15) is 18.4 Å². The van der Waals surface area contributed by atoms with Crippen LogP contribution in [0.5, 0.6) is 5.75 Å². The van der Waals surface area contributed by atoms with Crippen molar-refractivity contribution in [1.29, 1.82) is 5.26 Å². The van der Waals surface area contributed by atoms with E-state index in [9.17, 15) is 14.4 Å². The van der Waals surface area contributed by atoms with E-state index >= 15 is 0 Å². The first-order chi connectivity index (χ1) is 11.1. The summed E-state index contributed by atoms with van der Waals surface area (Å²) in [6.45, 7) is 0.201. The van der Waals surface area contributed by atoms with E-state index in [-0.39, 0.29) is 19.1 Å².